The highest BCUT2D eigenvalue weighted by atomic mass is 16.5. The molecule has 0 amide bonds. The van der Waals surface area contributed by atoms with Gasteiger partial charge in [-0.25, -0.2) is 4.98 Å². The van der Waals surface area contributed by atoms with Crippen LogP contribution in [0.2, 0.25) is 0 Å². The van der Waals surface area contributed by atoms with Gasteiger partial charge in [0.15, 0.2) is 0 Å². The van der Waals surface area contributed by atoms with Crippen LogP contribution in [0.15, 0.2) is 36.8 Å². The second kappa shape index (κ2) is 4.17. The second-order valence-electron chi connectivity index (χ2n) is 6.01. The van der Waals surface area contributed by atoms with Gasteiger partial charge < -0.3 is 14.4 Å². The summed E-state index contributed by atoms with van der Waals surface area (Å²) in [6.45, 7) is 3.15. The third-order valence-corrected chi connectivity index (χ3v) is 4.75. The molecule has 1 saturated heterocycles. The Labute approximate surface area is 118 Å². The van der Waals surface area contributed by atoms with Gasteiger partial charge in [-0.15, -0.1) is 0 Å². The zero-order chi connectivity index (χ0) is 13.7. The molecule has 4 heteroatoms. The van der Waals surface area contributed by atoms with E-state index in [0.717, 1.165) is 5.69 Å². The van der Waals surface area contributed by atoms with Crippen LogP contribution in [0.4, 0.5) is 0 Å². The molecule has 2 aromatic rings. The quantitative estimate of drug-likeness (QED) is 0.864. The van der Waals surface area contributed by atoms with Crippen LogP contribution in [0.25, 0.3) is 11.3 Å². The maximum absolute atomic E-state index is 10.8. The summed E-state index contributed by atoms with van der Waals surface area (Å²) >= 11 is 0. The van der Waals surface area contributed by atoms with Gasteiger partial charge in [0.25, 0.3) is 0 Å². The lowest BCUT2D eigenvalue weighted by molar-refractivity contribution is -0.112. The molecule has 4 nitrogen and oxygen atoms in total. The molecular formula is C16H18N2O2. The lowest BCUT2D eigenvalue weighted by Crippen LogP contribution is -2.46. The first kappa shape index (κ1) is 12.1. The molecule has 0 spiro atoms. The average Bonchev–Trinajstić information content (AvgIpc) is 3.00. The summed E-state index contributed by atoms with van der Waals surface area (Å²) < 4.78 is 7.82. The molecule has 1 aromatic carbocycles. The Kier molecular flexibility index (Phi) is 2.53. The minimum atomic E-state index is -0.706. The van der Waals surface area contributed by atoms with E-state index >= 15 is 0 Å². The van der Waals surface area contributed by atoms with Crippen LogP contribution in [0.5, 0.6) is 0 Å². The van der Waals surface area contributed by atoms with Gasteiger partial charge in [0.2, 0.25) is 0 Å². The van der Waals surface area contributed by atoms with Gasteiger partial charge >= 0.3 is 0 Å². The number of ether oxygens (including phenoxy) is 1. The van der Waals surface area contributed by atoms with Gasteiger partial charge in [0.1, 0.15) is 0 Å². The molecule has 4 rings (SSSR count). The minimum absolute atomic E-state index is 0.0489. The van der Waals surface area contributed by atoms with Gasteiger partial charge in [-0.2, -0.15) is 0 Å². The van der Waals surface area contributed by atoms with E-state index < -0.39 is 5.60 Å². The number of aromatic nitrogens is 2. The summed E-state index contributed by atoms with van der Waals surface area (Å²) in [5.41, 5.74) is 2.91. The number of benzene rings is 1. The van der Waals surface area contributed by atoms with Crippen molar-refractivity contribution in [2.45, 2.75) is 25.0 Å². The van der Waals surface area contributed by atoms with Crippen molar-refractivity contribution < 1.29 is 9.84 Å². The highest BCUT2D eigenvalue weighted by Gasteiger charge is 2.45. The molecule has 1 fully saturated rings. The van der Waals surface area contributed by atoms with Crippen molar-refractivity contribution >= 4 is 0 Å². The Hall–Kier alpha value is -1.65. The summed E-state index contributed by atoms with van der Waals surface area (Å²) in [4.78, 5) is 4.28. The molecule has 2 aliphatic heterocycles. The summed E-state index contributed by atoms with van der Waals surface area (Å²) in [7, 11) is 0. The fraction of sp³-hybridized carbons (Fsp3) is 0.438. The first-order valence-corrected chi connectivity index (χ1v) is 7.10. The molecule has 0 radical (unpaired) electrons. The minimum Gasteiger partial charge on any atom is -0.390 e. The predicted molar refractivity (Wildman–Crippen MR) is 75.4 cm³/mol. The Bertz CT molecular complexity index is 647. The topological polar surface area (TPSA) is 47.3 Å². The van der Waals surface area contributed by atoms with Gasteiger partial charge in [-0.05, 0) is 18.9 Å². The number of aliphatic hydroxyl groups is 1. The number of rotatable bonds is 1. The van der Waals surface area contributed by atoms with E-state index in [2.05, 4.69) is 27.8 Å². The summed E-state index contributed by atoms with van der Waals surface area (Å²) in [5.74, 6) is 0.0489. The fourth-order valence-electron chi connectivity index (χ4n) is 3.57. The van der Waals surface area contributed by atoms with Gasteiger partial charge in [-0.3, -0.25) is 0 Å². The van der Waals surface area contributed by atoms with Gasteiger partial charge in [-0.1, -0.05) is 24.3 Å². The van der Waals surface area contributed by atoms with Crippen molar-refractivity contribution in [1.82, 2.24) is 9.55 Å². The Balaban J connectivity index is 1.86. The van der Waals surface area contributed by atoms with Crippen molar-refractivity contribution in [3.05, 3.63) is 42.4 Å². The maximum Gasteiger partial charge on any atom is 0.0956 e. The first-order valence-electron chi connectivity index (χ1n) is 7.10. The zero-order valence-corrected chi connectivity index (χ0v) is 11.5. The fourth-order valence-corrected chi connectivity index (χ4v) is 3.57. The van der Waals surface area contributed by atoms with E-state index in [4.69, 9.17) is 4.74 Å². The standard InChI is InChI=1S/C16H18N2O2/c1-16(19)6-7-20-9-13(16)15-12-5-3-2-4-11(12)14-8-17-10-18(14)15/h2-5,8,10,13,15,19H,6-7,9H2,1H3/t13-,15+,16-/m1/s1. The molecule has 0 aliphatic carbocycles. The van der Waals surface area contributed by atoms with E-state index in [1.165, 1.54) is 11.1 Å². The molecule has 0 saturated carbocycles. The normalized spacial score (nSPS) is 31.9. The number of imidazole rings is 1. The number of nitrogens with zero attached hydrogens (tertiary/aromatic N) is 2. The third kappa shape index (κ3) is 1.58. The molecule has 2 aliphatic rings. The van der Waals surface area contributed by atoms with Crippen LogP contribution in [-0.2, 0) is 4.74 Å². The molecular weight excluding hydrogens is 252 g/mol. The number of fused-ring (bicyclic) bond motifs is 3. The highest BCUT2D eigenvalue weighted by Crippen LogP contribution is 2.47. The SMILES string of the molecule is C[C@@]1(O)CCOC[C@@H]1[C@@H]1c2ccccc2-c2cncn21. The average molecular weight is 270 g/mol. The molecule has 1 aromatic heterocycles. The van der Waals surface area contributed by atoms with E-state index in [9.17, 15) is 5.11 Å². The lowest BCUT2D eigenvalue weighted by Gasteiger charge is -2.41. The van der Waals surface area contributed by atoms with Crippen molar-refractivity contribution in [1.29, 1.82) is 0 Å². The van der Waals surface area contributed by atoms with Crippen LogP contribution in [0, 0.1) is 5.92 Å². The van der Waals surface area contributed by atoms with Crippen molar-refractivity contribution in [2.75, 3.05) is 13.2 Å². The van der Waals surface area contributed by atoms with Crippen molar-refractivity contribution in [3.63, 3.8) is 0 Å². The van der Waals surface area contributed by atoms with Crippen LogP contribution in [0.3, 0.4) is 0 Å². The summed E-state index contributed by atoms with van der Waals surface area (Å²) in [6, 6.07) is 8.50. The summed E-state index contributed by atoms with van der Waals surface area (Å²) in [5, 5.41) is 10.8. The van der Waals surface area contributed by atoms with Crippen molar-refractivity contribution in [2.24, 2.45) is 5.92 Å². The van der Waals surface area contributed by atoms with Crippen LogP contribution in [0.1, 0.15) is 24.9 Å². The maximum atomic E-state index is 10.8. The Morgan fingerprint density at radius 1 is 1.40 bits per heavy atom. The largest absolute Gasteiger partial charge is 0.390 e. The van der Waals surface area contributed by atoms with Gasteiger partial charge in [0.05, 0.1) is 36.5 Å². The van der Waals surface area contributed by atoms with E-state index in [1.54, 1.807) is 0 Å². The second-order valence-corrected chi connectivity index (χ2v) is 6.01. The molecule has 0 unspecified atom stereocenters. The monoisotopic (exact) mass is 270 g/mol. The predicted octanol–water partition coefficient (Wildman–Crippen LogP) is 2.24. The van der Waals surface area contributed by atoms with Crippen molar-refractivity contribution in [3.8, 4) is 11.3 Å². The number of hydrogen-bond acceptors (Lipinski definition) is 3. The Morgan fingerprint density at radius 3 is 3.10 bits per heavy atom. The van der Waals surface area contributed by atoms with Crippen LogP contribution < -0.4 is 0 Å². The zero-order valence-electron chi connectivity index (χ0n) is 11.5. The molecule has 3 heterocycles. The number of hydrogen-bond donors (Lipinski definition) is 1. The van der Waals surface area contributed by atoms with Crippen LogP contribution >= 0.6 is 0 Å². The third-order valence-electron chi connectivity index (χ3n) is 4.75. The lowest BCUT2D eigenvalue weighted by atomic mass is 9.78. The molecule has 20 heavy (non-hydrogen) atoms. The molecule has 0 bridgehead atoms. The molecule has 3 atom stereocenters. The molecule has 1 N–H and O–H groups in total. The van der Waals surface area contributed by atoms with E-state index in [-0.39, 0.29) is 12.0 Å². The first-order chi connectivity index (χ1) is 9.68. The van der Waals surface area contributed by atoms with Crippen LogP contribution in [-0.4, -0.2) is 33.5 Å². The van der Waals surface area contributed by atoms with E-state index in [0.29, 0.717) is 19.6 Å². The highest BCUT2D eigenvalue weighted by molar-refractivity contribution is 5.69. The Morgan fingerprint density at radius 2 is 2.25 bits per heavy atom. The summed E-state index contributed by atoms with van der Waals surface area (Å²) in [6.07, 6.45) is 4.45. The molecule has 104 valence electrons. The van der Waals surface area contributed by atoms with Gasteiger partial charge in [0, 0.05) is 18.1 Å². The smallest absolute Gasteiger partial charge is 0.0956 e. The van der Waals surface area contributed by atoms with E-state index in [1.807, 2.05) is 25.5 Å².